The second kappa shape index (κ2) is 9.30. The summed E-state index contributed by atoms with van der Waals surface area (Å²) in [5.41, 5.74) is 4.56. The summed E-state index contributed by atoms with van der Waals surface area (Å²) in [4.78, 5) is 0. The topological polar surface area (TPSA) is 21.3 Å². The molecule has 0 aliphatic carbocycles. The zero-order valence-electron chi connectivity index (χ0n) is 18.0. The lowest BCUT2D eigenvalue weighted by Gasteiger charge is -2.33. The van der Waals surface area contributed by atoms with Crippen LogP contribution in [0.1, 0.15) is 77.8 Å². The van der Waals surface area contributed by atoms with Crippen LogP contribution in [-0.4, -0.2) is 12.1 Å². The van der Waals surface area contributed by atoms with Gasteiger partial charge in [0.15, 0.2) is 0 Å². The van der Waals surface area contributed by atoms with Crippen molar-refractivity contribution in [2.75, 3.05) is 11.9 Å². The van der Waals surface area contributed by atoms with Crippen LogP contribution in [0.25, 0.3) is 19.2 Å². The fourth-order valence-corrected chi connectivity index (χ4v) is 3.72. The molecule has 2 nitrogen and oxygen atoms in total. The predicted molar refractivity (Wildman–Crippen MR) is 121 cm³/mol. The summed E-state index contributed by atoms with van der Waals surface area (Å²) in [6.07, 6.45) is 13.3. The quantitative estimate of drug-likeness (QED) is 0.454. The van der Waals surface area contributed by atoms with E-state index in [2.05, 4.69) is 71.3 Å². The molecule has 0 bridgehead atoms. The third-order valence-electron chi connectivity index (χ3n) is 5.33. The Morgan fingerprint density at radius 2 is 1.93 bits per heavy atom. The first kappa shape index (κ1) is 21.3. The molecular formula is C25H37NO. The predicted octanol–water partition coefficient (Wildman–Crippen LogP) is 5.58. The van der Waals surface area contributed by atoms with Crippen LogP contribution in [0.4, 0.5) is 5.69 Å². The third-order valence-corrected chi connectivity index (χ3v) is 5.33. The van der Waals surface area contributed by atoms with Crippen LogP contribution in [-0.2, 0) is 6.42 Å². The Kier molecular flexibility index (Phi) is 7.35. The minimum absolute atomic E-state index is 0.293. The van der Waals surface area contributed by atoms with Crippen LogP contribution >= 0.6 is 0 Å². The van der Waals surface area contributed by atoms with Gasteiger partial charge in [0, 0.05) is 28.2 Å². The average molecular weight is 368 g/mol. The summed E-state index contributed by atoms with van der Waals surface area (Å²) in [5, 5.41) is 5.60. The molecule has 1 atom stereocenters. The molecule has 0 radical (unpaired) electrons. The van der Waals surface area contributed by atoms with Gasteiger partial charge < -0.3 is 10.1 Å². The molecule has 1 aliphatic heterocycles. The fraction of sp³-hybridized carbons (Fsp3) is 0.520. The maximum absolute atomic E-state index is 6.55. The van der Waals surface area contributed by atoms with E-state index >= 15 is 0 Å². The van der Waals surface area contributed by atoms with E-state index in [0.29, 0.717) is 0 Å². The largest absolute Gasteiger partial charge is 0.482 e. The standard InChI is InChI=1S/C25H37NO/c1-8-10-11-14-21-20(6)24-22(19(5)23(21)26-9-2)15-17-25(7,27-24)16-12-13-18(3)4/h13,15,17,26H,5-6,8-12,14,16H2,1-4,7H3. The highest BCUT2D eigenvalue weighted by Gasteiger charge is 2.29. The van der Waals surface area contributed by atoms with Gasteiger partial charge in [-0.05, 0) is 65.0 Å². The van der Waals surface area contributed by atoms with Crippen molar-refractivity contribution in [2.24, 2.45) is 0 Å². The number of benzene rings is 1. The summed E-state index contributed by atoms with van der Waals surface area (Å²) < 4.78 is 6.55. The van der Waals surface area contributed by atoms with Gasteiger partial charge >= 0.3 is 0 Å². The molecule has 1 aromatic rings. The van der Waals surface area contributed by atoms with E-state index in [0.717, 1.165) is 53.2 Å². The molecular weight excluding hydrogens is 330 g/mol. The molecule has 1 unspecified atom stereocenters. The fourth-order valence-electron chi connectivity index (χ4n) is 3.72. The van der Waals surface area contributed by atoms with Crippen LogP contribution in [0, 0.1) is 0 Å². The smallest absolute Gasteiger partial charge is 0.135 e. The van der Waals surface area contributed by atoms with E-state index in [1.807, 2.05) is 0 Å². The highest BCUT2D eigenvalue weighted by atomic mass is 16.5. The van der Waals surface area contributed by atoms with Gasteiger partial charge in [0.2, 0.25) is 0 Å². The van der Waals surface area contributed by atoms with E-state index in [9.17, 15) is 0 Å². The second-order valence-electron chi connectivity index (χ2n) is 8.11. The maximum atomic E-state index is 6.55. The van der Waals surface area contributed by atoms with Crippen molar-refractivity contribution < 1.29 is 4.74 Å². The van der Waals surface area contributed by atoms with Crippen LogP contribution in [0.15, 0.2) is 17.7 Å². The van der Waals surface area contributed by atoms with Crippen molar-refractivity contribution in [3.05, 3.63) is 39.3 Å². The SMILES string of the molecule is C=c1c2c(c(=C)c(CCCCC)c1NCC)OC(C)(CCC=C(C)C)C=C2. The van der Waals surface area contributed by atoms with Gasteiger partial charge in [0.1, 0.15) is 11.4 Å². The summed E-state index contributed by atoms with van der Waals surface area (Å²) in [5.74, 6) is 0.926. The zero-order chi connectivity index (χ0) is 20.0. The molecule has 2 heteroatoms. The molecule has 1 N–H and O–H groups in total. The number of unbranched alkanes of at least 4 members (excludes halogenated alkanes) is 2. The summed E-state index contributed by atoms with van der Waals surface area (Å²) in [7, 11) is 0. The second-order valence-corrected chi connectivity index (χ2v) is 8.11. The number of hydrogen-bond acceptors (Lipinski definition) is 2. The molecule has 0 aromatic heterocycles. The van der Waals surface area contributed by atoms with E-state index in [4.69, 9.17) is 4.74 Å². The molecule has 0 saturated carbocycles. The monoisotopic (exact) mass is 367 g/mol. The molecule has 0 fully saturated rings. The Balaban J connectivity index is 2.43. The highest BCUT2D eigenvalue weighted by Crippen LogP contribution is 2.31. The van der Waals surface area contributed by atoms with Crippen molar-refractivity contribution in [1.82, 2.24) is 0 Å². The Hall–Kier alpha value is -1.96. The van der Waals surface area contributed by atoms with Crippen molar-refractivity contribution >= 4 is 24.9 Å². The van der Waals surface area contributed by atoms with E-state index < -0.39 is 0 Å². The van der Waals surface area contributed by atoms with Crippen molar-refractivity contribution in [3.63, 3.8) is 0 Å². The lowest BCUT2D eigenvalue weighted by atomic mass is 9.91. The maximum Gasteiger partial charge on any atom is 0.135 e. The number of anilines is 1. The molecule has 0 saturated heterocycles. The minimum atomic E-state index is -0.293. The van der Waals surface area contributed by atoms with Crippen LogP contribution in [0.3, 0.4) is 0 Å². The molecule has 27 heavy (non-hydrogen) atoms. The summed E-state index contributed by atoms with van der Waals surface area (Å²) >= 11 is 0. The van der Waals surface area contributed by atoms with Crippen LogP contribution < -0.4 is 20.5 Å². The van der Waals surface area contributed by atoms with Crippen LogP contribution in [0.5, 0.6) is 5.75 Å². The molecule has 1 heterocycles. The van der Waals surface area contributed by atoms with E-state index in [-0.39, 0.29) is 5.60 Å². The Labute approximate surface area is 165 Å². The summed E-state index contributed by atoms with van der Waals surface area (Å²) in [6.45, 7) is 20.5. The average Bonchev–Trinajstić information content (AvgIpc) is 2.61. The van der Waals surface area contributed by atoms with Gasteiger partial charge in [-0.25, -0.2) is 0 Å². The van der Waals surface area contributed by atoms with Gasteiger partial charge in [-0.1, -0.05) is 50.6 Å². The molecule has 2 rings (SSSR count). The summed E-state index contributed by atoms with van der Waals surface area (Å²) in [6, 6.07) is 0. The molecule has 148 valence electrons. The lowest BCUT2D eigenvalue weighted by molar-refractivity contribution is 0.127. The Morgan fingerprint density at radius 3 is 2.56 bits per heavy atom. The van der Waals surface area contributed by atoms with Gasteiger partial charge in [0.25, 0.3) is 0 Å². The number of fused-ring (bicyclic) bond motifs is 1. The highest BCUT2D eigenvalue weighted by molar-refractivity contribution is 5.71. The first-order chi connectivity index (χ1) is 12.8. The van der Waals surface area contributed by atoms with Crippen molar-refractivity contribution in [3.8, 4) is 5.75 Å². The number of rotatable bonds is 9. The Bertz CT molecular complexity index is 814. The van der Waals surface area contributed by atoms with E-state index in [1.165, 1.54) is 30.4 Å². The van der Waals surface area contributed by atoms with E-state index in [1.54, 1.807) is 0 Å². The normalized spacial score (nSPS) is 18.0. The van der Waals surface area contributed by atoms with Crippen molar-refractivity contribution in [1.29, 1.82) is 0 Å². The van der Waals surface area contributed by atoms with Crippen LogP contribution in [0.2, 0.25) is 0 Å². The molecule has 0 amide bonds. The molecule has 1 aromatic carbocycles. The first-order valence-corrected chi connectivity index (χ1v) is 10.4. The molecule has 0 spiro atoms. The molecule has 1 aliphatic rings. The number of allylic oxidation sites excluding steroid dienone is 2. The van der Waals surface area contributed by atoms with Crippen molar-refractivity contribution in [2.45, 2.75) is 78.7 Å². The lowest BCUT2D eigenvalue weighted by Crippen LogP contribution is -2.37. The van der Waals surface area contributed by atoms with Gasteiger partial charge in [0.05, 0.1) is 0 Å². The van der Waals surface area contributed by atoms with Gasteiger partial charge in [-0.3, -0.25) is 0 Å². The number of nitrogens with one attached hydrogen (secondary N) is 1. The third kappa shape index (κ3) is 5.06. The van der Waals surface area contributed by atoms with Gasteiger partial charge in [-0.15, -0.1) is 0 Å². The minimum Gasteiger partial charge on any atom is -0.482 e. The zero-order valence-corrected chi connectivity index (χ0v) is 18.0. The van der Waals surface area contributed by atoms with Gasteiger partial charge in [-0.2, -0.15) is 0 Å². The number of hydrogen-bond donors (Lipinski definition) is 1. The number of ether oxygens (including phenoxy) is 1. The first-order valence-electron chi connectivity index (χ1n) is 10.4. The Morgan fingerprint density at radius 1 is 1.19 bits per heavy atom.